The Hall–Kier alpha value is -0.610. The third kappa shape index (κ3) is 3.34. The molecule has 1 fully saturated rings. The summed E-state index contributed by atoms with van der Waals surface area (Å²) < 4.78 is 0. The summed E-state index contributed by atoms with van der Waals surface area (Å²) in [5.74, 6) is 1.68. The molecule has 0 radical (unpaired) electrons. The lowest BCUT2D eigenvalue weighted by Crippen LogP contribution is -2.35. The Balaban J connectivity index is 2.13. The molecule has 0 spiro atoms. The molecule has 0 aromatic carbocycles. The van der Waals surface area contributed by atoms with E-state index in [4.69, 9.17) is 10.7 Å². The summed E-state index contributed by atoms with van der Waals surface area (Å²) >= 11 is 1.79. The molecule has 0 atom stereocenters. The third-order valence-corrected chi connectivity index (χ3v) is 5.47. The van der Waals surface area contributed by atoms with Gasteiger partial charge in [-0.3, -0.25) is 0 Å². The molecule has 0 amide bonds. The first kappa shape index (κ1) is 15.8. The van der Waals surface area contributed by atoms with Crippen molar-refractivity contribution in [1.82, 2.24) is 4.98 Å². The molecule has 20 heavy (non-hydrogen) atoms. The zero-order chi connectivity index (χ0) is 14.9. The minimum atomic E-state index is 0.0830. The Bertz CT molecular complexity index is 437. The quantitative estimate of drug-likeness (QED) is 0.923. The van der Waals surface area contributed by atoms with Gasteiger partial charge in [-0.15, -0.1) is 11.3 Å². The molecule has 114 valence electrons. The first-order valence-corrected chi connectivity index (χ1v) is 8.59. The topological polar surface area (TPSA) is 42.2 Å². The van der Waals surface area contributed by atoms with E-state index in [-0.39, 0.29) is 5.41 Å². The molecule has 3 nitrogen and oxygen atoms in total. The number of rotatable bonds is 3. The van der Waals surface area contributed by atoms with Gasteiger partial charge in [0.1, 0.15) is 0 Å². The second-order valence-electron chi connectivity index (χ2n) is 7.29. The van der Waals surface area contributed by atoms with Crippen LogP contribution < -0.4 is 10.6 Å². The Kier molecular flexibility index (Phi) is 4.75. The number of aromatic nitrogens is 1. The van der Waals surface area contributed by atoms with Crippen LogP contribution in [-0.4, -0.2) is 18.1 Å². The zero-order valence-corrected chi connectivity index (χ0v) is 14.4. The maximum Gasteiger partial charge on any atom is 0.185 e. The first-order chi connectivity index (χ1) is 9.32. The van der Waals surface area contributed by atoms with Gasteiger partial charge in [-0.1, -0.05) is 34.6 Å². The van der Waals surface area contributed by atoms with Gasteiger partial charge in [0.2, 0.25) is 0 Å². The number of piperidine rings is 1. The highest BCUT2D eigenvalue weighted by Gasteiger charge is 2.27. The largest absolute Gasteiger partial charge is 0.348 e. The molecule has 1 aliphatic rings. The van der Waals surface area contributed by atoms with Gasteiger partial charge in [0.05, 0.1) is 5.69 Å². The van der Waals surface area contributed by atoms with E-state index in [1.807, 2.05) is 0 Å². The molecule has 1 aliphatic heterocycles. The van der Waals surface area contributed by atoms with E-state index in [2.05, 4.69) is 39.5 Å². The third-order valence-electron chi connectivity index (χ3n) is 4.33. The van der Waals surface area contributed by atoms with Crippen LogP contribution in [0, 0.1) is 11.8 Å². The number of hydrogen-bond acceptors (Lipinski definition) is 4. The van der Waals surface area contributed by atoms with E-state index in [1.165, 1.54) is 28.5 Å². The molecule has 2 N–H and O–H groups in total. The summed E-state index contributed by atoms with van der Waals surface area (Å²) in [4.78, 5) is 8.62. The lowest BCUT2D eigenvalue weighted by atomic mass is 9.87. The highest BCUT2D eigenvalue weighted by molar-refractivity contribution is 7.15. The molecular weight excluding hydrogens is 266 g/mol. The van der Waals surface area contributed by atoms with Crippen molar-refractivity contribution in [2.24, 2.45) is 17.6 Å². The Morgan fingerprint density at radius 2 is 1.90 bits per heavy atom. The van der Waals surface area contributed by atoms with E-state index in [0.717, 1.165) is 24.9 Å². The summed E-state index contributed by atoms with van der Waals surface area (Å²) in [7, 11) is 0. The number of anilines is 1. The van der Waals surface area contributed by atoms with Gasteiger partial charge in [0.15, 0.2) is 5.13 Å². The minimum absolute atomic E-state index is 0.0830. The normalized spacial score (nSPS) is 18.1. The summed E-state index contributed by atoms with van der Waals surface area (Å²) in [6, 6.07) is 0. The number of hydrogen-bond donors (Lipinski definition) is 1. The minimum Gasteiger partial charge on any atom is -0.348 e. The van der Waals surface area contributed by atoms with Crippen LogP contribution in [0.25, 0.3) is 0 Å². The summed E-state index contributed by atoms with van der Waals surface area (Å²) in [5, 5.41) is 1.18. The molecule has 4 heteroatoms. The van der Waals surface area contributed by atoms with Gasteiger partial charge < -0.3 is 10.6 Å². The predicted molar refractivity (Wildman–Crippen MR) is 88.5 cm³/mol. The Morgan fingerprint density at radius 1 is 1.30 bits per heavy atom. The number of nitrogens with two attached hydrogens (primary N) is 1. The summed E-state index contributed by atoms with van der Waals surface area (Å²) in [6.45, 7) is 14.2. The molecule has 2 heterocycles. The molecule has 1 saturated heterocycles. The molecule has 0 bridgehead atoms. The van der Waals surface area contributed by atoms with E-state index in [0.29, 0.717) is 6.54 Å². The van der Waals surface area contributed by atoms with Gasteiger partial charge >= 0.3 is 0 Å². The lowest BCUT2D eigenvalue weighted by Gasteiger charge is -2.33. The monoisotopic (exact) mass is 295 g/mol. The van der Waals surface area contributed by atoms with E-state index in [1.54, 1.807) is 11.3 Å². The van der Waals surface area contributed by atoms with Crippen LogP contribution in [0.5, 0.6) is 0 Å². The molecular formula is C16H29N3S. The van der Waals surface area contributed by atoms with Gasteiger partial charge in [-0.05, 0) is 24.7 Å². The lowest BCUT2D eigenvalue weighted by molar-refractivity contribution is 0.311. The number of thiazole rings is 1. The highest BCUT2D eigenvalue weighted by Crippen LogP contribution is 2.35. The second kappa shape index (κ2) is 6.02. The molecule has 1 aromatic rings. The van der Waals surface area contributed by atoms with Crippen molar-refractivity contribution in [3.05, 3.63) is 10.6 Å². The van der Waals surface area contributed by atoms with Gasteiger partial charge in [0.25, 0.3) is 0 Å². The van der Waals surface area contributed by atoms with E-state index < -0.39 is 0 Å². The molecule has 2 rings (SSSR count). The van der Waals surface area contributed by atoms with E-state index in [9.17, 15) is 0 Å². The maximum atomic E-state index is 5.90. The van der Waals surface area contributed by atoms with Crippen LogP contribution in [0.15, 0.2) is 0 Å². The molecule has 1 aromatic heterocycles. The van der Waals surface area contributed by atoms with Gasteiger partial charge in [0, 0.05) is 29.9 Å². The molecule has 0 aliphatic carbocycles. The predicted octanol–water partition coefficient (Wildman–Crippen LogP) is 3.77. The van der Waals surface area contributed by atoms with Crippen LogP contribution in [0.3, 0.4) is 0 Å². The van der Waals surface area contributed by atoms with Crippen molar-refractivity contribution in [1.29, 1.82) is 0 Å². The SMILES string of the molecule is CC(C)C1CCN(c2nc(C(C)(C)C)c(CN)s2)CC1. The highest BCUT2D eigenvalue weighted by atomic mass is 32.1. The van der Waals surface area contributed by atoms with Gasteiger partial charge in [-0.2, -0.15) is 0 Å². The van der Waals surface area contributed by atoms with Crippen LogP contribution >= 0.6 is 11.3 Å². The van der Waals surface area contributed by atoms with Crippen molar-refractivity contribution >= 4 is 16.5 Å². The number of nitrogens with zero attached hydrogens (tertiary/aromatic N) is 2. The van der Waals surface area contributed by atoms with Crippen LogP contribution in [0.1, 0.15) is 58.0 Å². The standard InChI is InChI=1S/C16H29N3S/c1-11(2)12-6-8-19(9-7-12)15-18-14(16(3,4)5)13(10-17)20-15/h11-12H,6-10,17H2,1-5H3. The van der Waals surface area contributed by atoms with Crippen molar-refractivity contribution in [3.8, 4) is 0 Å². The molecule has 0 saturated carbocycles. The zero-order valence-electron chi connectivity index (χ0n) is 13.6. The fourth-order valence-corrected chi connectivity index (χ4v) is 4.16. The smallest absolute Gasteiger partial charge is 0.185 e. The Morgan fingerprint density at radius 3 is 2.30 bits per heavy atom. The Labute approximate surface area is 127 Å². The van der Waals surface area contributed by atoms with Gasteiger partial charge in [-0.25, -0.2) is 4.98 Å². The first-order valence-electron chi connectivity index (χ1n) is 7.78. The average Bonchev–Trinajstić information content (AvgIpc) is 2.83. The van der Waals surface area contributed by atoms with Crippen LogP contribution in [0.4, 0.5) is 5.13 Å². The van der Waals surface area contributed by atoms with Crippen molar-refractivity contribution in [2.75, 3.05) is 18.0 Å². The fraction of sp³-hybridized carbons (Fsp3) is 0.812. The second-order valence-corrected chi connectivity index (χ2v) is 8.35. The summed E-state index contributed by atoms with van der Waals surface area (Å²) in [6.07, 6.45) is 2.58. The van der Waals surface area contributed by atoms with Crippen molar-refractivity contribution in [3.63, 3.8) is 0 Å². The van der Waals surface area contributed by atoms with Crippen LogP contribution in [0.2, 0.25) is 0 Å². The molecule has 0 unspecified atom stereocenters. The van der Waals surface area contributed by atoms with Crippen molar-refractivity contribution < 1.29 is 0 Å². The summed E-state index contributed by atoms with van der Waals surface area (Å²) in [5.41, 5.74) is 7.17. The maximum absolute atomic E-state index is 5.90. The fourth-order valence-electron chi connectivity index (χ4n) is 2.96. The van der Waals surface area contributed by atoms with Crippen molar-refractivity contribution in [2.45, 2.75) is 59.4 Å². The average molecular weight is 295 g/mol. The van der Waals surface area contributed by atoms with Crippen LogP contribution in [-0.2, 0) is 12.0 Å². The van der Waals surface area contributed by atoms with E-state index >= 15 is 0 Å².